The van der Waals surface area contributed by atoms with Gasteiger partial charge in [0.2, 0.25) is 0 Å². The van der Waals surface area contributed by atoms with Crippen LogP contribution in [0.3, 0.4) is 0 Å². The summed E-state index contributed by atoms with van der Waals surface area (Å²) < 4.78 is 4.83. The lowest BCUT2D eigenvalue weighted by Gasteiger charge is -2.18. The first-order valence-electron chi connectivity index (χ1n) is 6.12. The van der Waals surface area contributed by atoms with Gasteiger partial charge in [0.25, 0.3) is 0 Å². The third-order valence-electron chi connectivity index (χ3n) is 3.06. The van der Waals surface area contributed by atoms with E-state index in [0.29, 0.717) is 0 Å². The van der Waals surface area contributed by atoms with Gasteiger partial charge < -0.3 is 4.74 Å². The molecule has 19 heavy (non-hydrogen) atoms. The van der Waals surface area contributed by atoms with Crippen LogP contribution in [0.4, 0.5) is 0 Å². The van der Waals surface area contributed by atoms with Gasteiger partial charge in [-0.05, 0) is 32.4 Å². The molecule has 0 aliphatic rings. The number of rotatable bonds is 4. The normalized spacial score (nSPS) is 11.6. The molecule has 0 saturated heterocycles. The van der Waals surface area contributed by atoms with E-state index in [9.17, 15) is 4.79 Å². The van der Waals surface area contributed by atoms with Crippen LogP contribution in [0.5, 0.6) is 0 Å². The summed E-state index contributed by atoms with van der Waals surface area (Å²) in [6, 6.07) is 4.23. The molecule has 0 saturated carbocycles. The van der Waals surface area contributed by atoms with Crippen molar-refractivity contribution in [3.8, 4) is 9.88 Å². The number of esters is 1. The molecular formula is C14H17NO2S2. The number of nitrogens with zero attached hydrogens (tertiary/aromatic N) is 1. The number of thiazole rings is 1. The van der Waals surface area contributed by atoms with E-state index in [0.717, 1.165) is 22.0 Å². The fourth-order valence-electron chi connectivity index (χ4n) is 1.72. The highest BCUT2D eigenvalue weighted by Crippen LogP contribution is 2.34. The van der Waals surface area contributed by atoms with Crippen molar-refractivity contribution < 1.29 is 9.53 Å². The van der Waals surface area contributed by atoms with Gasteiger partial charge in [-0.3, -0.25) is 4.79 Å². The summed E-state index contributed by atoms with van der Waals surface area (Å²) >= 11 is 3.33. The summed E-state index contributed by atoms with van der Waals surface area (Å²) in [4.78, 5) is 18.9. The Bertz CT molecular complexity index is 584. The van der Waals surface area contributed by atoms with E-state index in [1.165, 1.54) is 12.0 Å². The van der Waals surface area contributed by atoms with Gasteiger partial charge in [-0.1, -0.05) is 6.92 Å². The fraction of sp³-hybridized carbons (Fsp3) is 0.429. The topological polar surface area (TPSA) is 39.2 Å². The third-order valence-corrected chi connectivity index (χ3v) is 5.30. The average Bonchev–Trinajstić information content (AvgIpc) is 3.05. The number of ether oxygens (including phenoxy) is 1. The number of aromatic nitrogens is 1. The van der Waals surface area contributed by atoms with Crippen LogP contribution in [0, 0.1) is 0 Å². The predicted molar refractivity (Wildman–Crippen MR) is 79.8 cm³/mol. The van der Waals surface area contributed by atoms with Gasteiger partial charge in [0.05, 0.1) is 17.7 Å². The van der Waals surface area contributed by atoms with Crippen LogP contribution in [-0.4, -0.2) is 18.1 Å². The van der Waals surface area contributed by atoms with Crippen molar-refractivity contribution in [2.75, 3.05) is 7.11 Å². The van der Waals surface area contributed by atoms with E-state index >= 15 is 0 Å². The molecule has 0 aromatic carbocycles. The minimum atomic E-state index is -0.700. The number of hydrogen-bond acceptors (Lipinski definition) is 5. The molecule has 0 spiro atoms. The maximum absolute atomic E-state index is 11.8. The Kier molecular flexibility index (Phi) is 4.06. The summed E-state index contributed by atoms with van der Waals surface area (Å²) in [5.41, 5.74) is 0.0692. The Morgan fingerprint density at radius 1 is 1.42 bits per heavy atom. The van der Waals surface area contributed by atoms with Crippen LogP contribution in [0.25, 0.3) is 9.88 Å². The molecule has 0 unspecified atom stereocenters. The molecule has 0 bridgehead atoms. The zero-order chi connectivity index (χ0) is 14.0. The molecule has 0 radical (unpaired) electrons. The maximum atomic E-state index is 11.8. The Labute approximate surface area is 121 Å². The van der Waals surface area contributed by atoms with Crippen molar-refractivity contribution >= 4 is 28.6 Å². The molecule has 2 aromatic heterocycles. The predicted octanol–water partition coefficient (Wildman–Crippen LogP) is 3.88. The van der Waals surface area contributed by atoms with E-state index in [2.05, 4.69) is 24.0 Å². The largest absolute Gasteiger partial charge is 0.468 e. The van der Waals surface area contributed by atoms with Crippen molar-refractivity contribution in [2.45, 2.75) is 32.6 Å². The molecule has 0 N–H and O–H groups in total. The van der Waals surface area contributed by atoms with Crippen LogP contribution < -0.4 is 0 Å². The Hall–Kier alpha value is -1.20. The van der Waals surface area contributed by atoms with E-state index in [1.54, 1.807) is 22.7 Å². The molecule has 0 fully saturated rings. The number of carbonyl (C=O) groups excluding carboxylic acids is 1. The standard InChI is InChI=1S/C14H17NO2S2/c1-5-9-6-7-10(19-9)12-15-11(8-18-12)14(2,3)13(16)17-4/h6-8H,5H2,1-4H3. The molecule has 2 aromatic rings. The van der Waals surface area contributed by atoms with Gasteiger partial charge in [0, 0.05) is 10.3 Å². The number of thiophene rings is 1. The lowest BCUT2D eigenvalue weighted by Crippen LogP contribution is -2.30. The molecule has 2 heterocycles. The Morgan fingerprint density at radius 3 is 2.74 bits per heavy atom. The molecule has 0 atom stereocenters. The second-order valence-corrected chi connectivity index (χ2v) is 6.80. The minimum absolute atomic E-state index is 0.259. The van der Waals surface area contributed by atoms with Crippen molar-refractivity contribution in [2.24, 2.45) is 0 Å². The molecule has 0 aliphatic carbocycles. The van der Waals surface area contributed by atoms with E-state index in [4.69, 9.17) is 4.74 Å². The molecular weight excluding hydrogens is 278 g/mol. The van der Waals surface area contributed by atoms with Crippen LogP contribution in [0.2, 0.25) is 0 Å². The van der Waals surface area contributed by atoms with Gasteiger partial charge >= 0.3 is 5.97 Å². The van der Waals surface area contributed by atoms with E-state index in [1.807, 2.05) is 19.2 Å². The molecule has 0 amide bonds. The second-order valence-electron chi connectivity index (χ2n) is 4.77. The Morgan fingerprint density at radius 2 is 2.16 bits per heavy atom. The molecule has 2 rings (SSSR count). The highest BCUT2D eigenvalue weighted by molar-refractivity contribution is 7.21. The van der Waals surface area contributed by atoms with E-state index in [-0.39, 0.29) is 5.97 Å². The van der Waals surface area contributed by atoms with Crippen molar-refractivity contribution in [1.29, 1.82) is 0 Å². The van der Waals surface area contributed by atoms with Gasteiger partial charge in [-0.25, -0.2) is 4.98 Å². The summed E-state index contributed by atoms with van der Waals surface area (Å²) in [6.07, 6.45) is 1.04. The summed E-state index contributed by atoms with van der Waals surface area (Å²) in [6.45, 7) is 5.82. The lowest BCUT2D eigenvalue weighted by molar-refractivity contribution is -0.146. The first-order chi connectivity index (χ1) is 8.98. The first kappa shape index (κ1) is 14.2. The van der Waals surface area contributed by atoms with E-state index < -0.39 is 5.41 Å². The number of hydrogen-bond donors (Lipinski definition) is 0. The van der Waals surface area contributed by atoms with Gasteiger partial charge in [0.15, 0.2) is 0 Å². The van der Waals surface area contributed by atoms with Crippen molar-refractivity contribution in [3.05, 3.63) is 28.1 Å². The molecule has 5 heteroatoms. The zero-order valence-electron chi connectivity index (χ0n) is 11.5. The number of methoxy groups -OCH3 is 1. The zero-order valence-corrected chi connectivity index (χ0v) is 13.2. The molecule has 3 nitrogen and oxygen atoms in total. The van der Waals surface area contributed by atoms with Crippen LogP contribution in [0.1, 0.15) is 31.3 Å². The summed E-state index contributed by atoms with van der Waals surface area (Å²) in [5.74, 6) is -0.259. The second kappa shape index (κ2) is 5.43. The van der Waals surface area contributed by atoms with Gasteiger partial charge in [0.1, 0.15) is 10.4 Å². The monoisotopic (exact) mass is 295 g/mol. The first-order valence-corrected chi connectivity index (χ1v) is 7.82. The highest BCUT2D eigenvalue weighted by atomic mass is 32.1. The van der Waals surface area contributed by atoms with Crippen LogP contribution in [0.15, 0.2) is 17.5 Å². The Balaban J connectivity index is 2.31. The van der Waals surface area contributed by atoms with Crippen molar-refractivity contribution in [1.82, 2.24) is 4.98 Å². The SMILES string of the molecule is CCc1ccc(-c2nc(C(C)(C)C(=O)OC)cs2)s1. The van der Waals surface area contributed by atoms with Gasteiger partial charge in [-0.15, -0.1) is 22.7 Å². The van der Waals surface area contributed by atoms with Crippen LogP contribution >= 0.6 is 22.7 Å². The van der Waals surface area contributed by atoms with Crippen LogP contribution in [-0.2, 0) is 21.4 Å². The van der Waals surface area contributed by atoms with Crippen molar-refractivity contribution in [3.63, 3.8) is 0 Å². The molecule has 102 valence electrons. The third kappa shape index (κ3) is 2.72. The summed E-state index contributed by atoms with van der Waals surface area (Å²) in [5, 5.41) is 2.91. The molecule has 0 aliphatic heterocycles. The van der Waals surface area contributed by atoms with Gasteiger partial charge in [-0.2, -0.15) is 0 Å². The lowest BCUT2D eigenvalue weighted by atomic mass is 9.90. The minimum Gasteiger partial charge on any atom is -0.468 e. The number of aryl methyl sites for hydroxylation is 1. The maximum Gasteiger partial charge on any atom is 0.317 e. The quantitative estimate of drug-likeness (QED) is 0.803. The fourth-order valence-corrected chi connectivity index (χ4v) is 3.72. The average molecular weight is 295 g/mol. The number of carbonyl (C=O) groups is 1. The summed E-state index contributed by atoms with van der Waals surface area (Å²) in [7, 11) is 1.41. The highest BCUT2D eigenvalue weighted by Gasteiger charge is 2.33. The smallest absolute Gasteiger partial charge is 0.317 e.